The van der Waals surface area contributed by atoms with E-state index in [1.807, 2.05) is 0 Å². The topological polar surface area (TPSA) is 3.24 Å². The van der Waals surface area contributed by atoms with Crippen molar-refractivity contribution in [2.75, 3.05) is 4.90 Å². The lowest BCUT2D eigenvalue weighted by Gasteiger charge is -2.30. The van der Waals surface area contributed by atoms with E-state index < -0.39 is 0 Å². The lowest BCUT2D eigenvalue weighted by Crippen LogP contribution is -2.18. The largest absolute Gasteiger partial charge is 0.311 e. The molecule has 0 saturated carbocycles. The van der Waals surface area contributed by atoms with Gasteiger partial charge in [-0.25, -0.2) is 0 Å². The second-order valence-corrected chi connectivity index (χ2v) is 12.2. The molecule has 36 heavy (non-hydrogen) atoms. The molecule has 1 heteroatoms. The minimum atomic E-state index is 0.198. The molecule has 1 nitrogen and oxygen atoms in total. The van der Waals surface area contributed by atoms with Crippen LogP contribution in [0.25, 0.3) is 0 Å². The Morgan fingerprint density at radius 1 is 0.556 bits per heavy atom. The van der Waals surface area contributed by atoms with E-state index in [9.17, 15) is 0 Å². The second kappa shape index (κ2) is 12.1. The number of rotatable bonds is 12. The first-order valence-corrected chi connectivity index (χ1v) is 14.2. The van der Waals surface area contributed by atoms with Crippen LogP contribution in [0.3, 0.4) is 0 Å². The summed E-state index contributed by atoms with van der Waals surface area (Å²) in [6.45, 7) is 18.6. The zero-order valence-electron chi connectivity index (χ0n) is 24.2. The number of nitrogens with zero attached hydrogens (tertiary/aromatic N) is 1. The van der Waals surface area contributed by atoms with Crippen LogP contribution in [0.5, 0.6) is 0 Å². The van der Waals surface area contributed by atoms with Crippen LogP contribution in [-0.2, 0) is 10.8 Å². The summed E-state index contributed by atoms with van der Waals surface area (Å²) in [5.74, 6) is 0.529. The SMILES string of the molecule is CCCCC(C)(C)c1ccc(N(c2ccc(C(C)C)cc2)c2ccc(C(C)(C)CCCC)cc2)cc1. The average Bonchev–Trinajstić information content (AvgIpc) is 2.87. The van der Waals surface area contributed by atoms with Crippen LogP contribution >= 0.6 is 0 Å². The summed E-state index contributed by atoms with van der Waals surface area (Å²) in [6.07, 6.45) is 7.46. The number of benzene rings is 3. The first kappa shape index (κ1) is 28.0. The third-order valence-corrected chi connectivity index (χ3v) is 7.94. The van der Waals surface area contributed by atoms with Crippen LogP contribution < -0.4 is 4.90 Å². The van der Waals surface area contributed by atoms with Crippen molar-refractivity contribution in [3.63, 3.8) is 0 Å². The fourth-order valence-corrected chi connectivity index (χ4v) is 5.10. The monoisotopic (exact) mass is 483 g/mol. The van der Waals surface area contributed by atoms with Gasteiger partial charge in [0.2, 0.25) is 0 Å². The molecule has 0 heterocycles. The van der Waals surface area contributed by atoms with Gasteiger partial charge in [-0.2, -0.15) is 0 Å². The van der Waals surface area contributed by atoms with Gasteiger partial charge in [0.1, 0.15) is 0 Å². The molecule has 3 rings (SSSR count). The Morgan fingerprint density at radius 2 is 0.889 bits per heavy atom. The van der Waals surface area contributed by atoms with E-state index >= 15 is 0 Å². The molecule has 0 atom stereocenters. The van der Waals surface area contributed by atoms with Gasteiger partial charge >= 0.3 is 0 Å². The summed E-state index contributed by atoms with van der Waals surface area (Å²) >= 11 is 0. The van der Waals surface area contributed by atoms with Crippen LogP contribution in [0.1, 0.15) is 117 Å². The lowest BCUT2D eigenvalue weighted by molar-refractivity contribution is 0.458. The van der Waals surface area contributed by atoms with Gasteiger partial charge in [0.25, 0.3) is 0 Å². The minimum absolute atomic E-state index is 0.198. The van der Waals surface area contributed by atoms with Crippen LogP contribution in [0.2, 0.25) is 0 Å². The third kappa shape index (κ3) is 6.81. The molecular formula is C35H49N. The van der Waals surface area contributed by atoms with Gasteiger partial charge in [0, 0.05) is 17.1 Å². The summed E-state index contributed by atoms with van der Waals surface area (Å²) in [4.78, 5) is 2.40. The number of hydrogen-bond acceptors (Lipinski definition) is 1. The molecule has 0 aromatic heterocycles. The molecule has 0 unspecified atom stereocenters. The Balaban J connectivity index is 1.99. The van der Waals surface area contributed by atoms with Crippen molar-refractivity contribution in [3.05, 3.63) is 89.5 Å². The van der Waals surface area contributed by atoms with Gasteiger partial charge in [-0.1, -0.05) is 117 Å². The molecule has 0 bridgehead atoms. The Hall–Kier alpha value is -2.54. The van der Waals surface area contributed by atoms with Gasteiger partial charge < -0.3 is 4.90 Å². The molecule has 194 valence electrons. The standard InChI is InChI=1S/C35H49N/c1-9-11-25-34(5,6)29-15-21-32(22-16-29)36(31-19-13-28(14-20-31)27(3)4)33-23-17-30(18-24-33)35(7,8)26-12-10-2/h13-24,27H,9-12,25-26H2,1-8H3. The Morgan fingerprint density at radius 3 is 1.19 bits per heavy atom. The summed E-state index contributed by atoms with van der Waals surface area (Å²) in [5.41, 5.74) is 8.23. The summed E-state index contributed by atoms with van der Waals surface area (Å²) in [7, 11) is 0. The second-order valence-electron chi connectivity index (χ2n) is 12.2. The molecule has 0 aliphatic heterocycles. The van der Waals surface area contributed by atoms with E-state index in [1.54, 1.807) is 0 Å². The highest BCUT2D eigenvalue weighted by Gasteiger charge is 2.22. The number of unbranched alkanes of at least 4 members (excludes halogenated alkanes) is 2. The summed E-state index contributed by atoms with van der Waals surface area (Å²) in [5, 5.41) is 0. The highest BCUT2D eigenvalue weighted by molar-refractivity contribution is 5.77. The van der Waals surface area contributed by atoms with E-state index in [4.69, 9.17) is 0 Å². The maximum Gasteiger partial charge on any atom is 0.0461 e. The van der Waals surface area contributed by atoms with Crippen LogP contribution in [0.15, 0.2) is 72.8 Å². The summed E-state index contributed by atoms with van der Waals surface area (Å²) in [6, 6.07) is 27.7. The Kier molecular flexibility index (Phi) is 9.45. The Bertz CT molecular complexity index is 990. The fourth-order valence-electron chi connectivity index (χ4n) is 5.10. The molecule has 0 saturated heterocycles. The Labute approximate surface area is 222 Å². The number of hydrogen-bond donors (Lipinski definition) is 0. The van der Waals surface area contributed by atoms with Crippen molar-refractivity contribution >= 4 is 17.1 Å². The summed E-state index contributed by atoms with van der Waals surface area (Å²) < 4.78 is 0. The first-order chi connectivity index (χ1) is 17.1. The number of anilines is 3. The highest BCUT2D eigenvalue weighted by Crippen LogP contribution is 2.38. The van der Waals surface area contributed by atoms with Crippen molar-refractivity contribution in [1.82, 2.24) is 0 Å². The van der Waals surface area contributed by atoms with Crippen molar-refractivity contribution < 1.29 is 0 Å². The molecule has 3 aromatic rings. The minimum Gasteiger partial charge on any atom is -0.311 e. The van der Waals surface area contributed by atoms with E-state index in [0.29, 0.717) is 5.92 Å². The quantitative estimate of drug-likeness (QED) is 0.247. The zero-order chi connectivity index (χ0) is 26.3. The van der Waals surface area contributed by atoms with Gasteiger partial charge in [0.05, 0.1) is 0 Å². The molecular weight excluding hydrogens is 434 g/mol. The predicted molar refractivity (Wildman–Crippen MR) is 160 cm³/mol. The smallest absolute Gasteiger partial charge is 0.0461 e. The fraction of sp³-hybridized carbons (Fsp3) is 0.486. The molecule has 0 aliphatic rings. The first-order valence-electron chi connectivity index (χ1n) is 14.2. The molecule has 0 N–H and O–H groups in total. The highest BCUT2D eigenvalue weighted by atomic mass is 15.1. The molecule has 3 aromatic carbocycles. The van der Waals surface area contributed by atoms with Gasteiger partial charge in [-0.05, 0) is 82.7 Å². The predicted octanol–water partition coefficient (Wildman–Crippen LogP) is 11.2. The van der Waals surface area contributed by atoms with E-state index in [2.05, 4.69) is 133 Å². The van der Waals surface area contributed by atoms with Gasteiger partial charge in [-0.15, -0.1) is 0 Å². The maximum atomic E-state index is 2.40. The molecule has 0 spiro atoms. The van der Waals surface area contributed by atoms with E-state index in [-0.39, 0.29) is 10.8 Å². The van der Waals surface area contributed by atoms with Crippen LogP contribution in [0, 0.1) is 0 Å². The van der Waals surface area contributed by atoms with E-state index in [1.165, 1.54) is 72.3 Å². The van der Waals surface area contributed by atoms with Crippen molar-refractivity contribution in [3.8, 4) is 0 Å². The van der Waals surface area contributed by atoms with Gasteiger partial charge in [0.15, 0.2) is 0 Å². The maximum absolute atomic E-state index is 2.40. The molecule has 0 aliphatic carbocycles. The lowest BCUT2D eigenvalue weighted by atomic mass is 9.80. The molecule has 0 fully saturated rings. The molecule has 0 radical (unpaired) electrons. The average molecular weight is 484 g/mol. The van der Waals surface area contributed by atoms with Crippen molar-refractivity contribution in [2.24, 2.45) is 0 Å². The van der Waals surface area contributed by atoms with E-state index in [0.717, 1.165) is 0 Å². The van der Waals surface area contributed by atoms with Crippen LogP contribution in [0.4, 0.5) is 17.1 Å². The third-order valence-electron chi connectivity index (χ3n) is 7.94. The van der Waals surface area contributed by atoms with Crippen molar-refractivity contribution in [1.29, 1.82) is 0 Å². The van der Waals surface area contributed by atoms with Crippen molar-refractivity contribution in [2.45, 2.75) is 111 Å². The normalized spacial score (nSPS) is 12.2. The van der Waals surface area contributed by atoms with Crippen LogP contribution in [-0.4, -0.2) is 0 Å². The zero-order valence-corrected chi connectivity index (χ0v) is 24.2. The molecule has 0 amide bonds. The van der Waals surface area contributed by atoms with Gasteiger partial charge in [-0.3, -0.25) is 0 Å².